The second-order valence-electron chi connectivity index (χ2n) is 5.36. The Morgan fingerprint density at radius 2 is 1.71 bits per heavy atom. The maximum absolute atomic E-state index is 3.58. The Labute approximate surface area is 110 Å². The van der Waals surface area contributed by atoms with Gasteiger partial charge in [-0.1, -0.05) is 46.8 Å². The molecule has 0 aliphatic rings. The van der Waals surface area contributed by atoms with E-state index < -0.39 is 0 Å². The smallest absolute Gasteiger partial charge is 0.0369 e. The van der Waals surface area contributed by atoms with Gasteiger partial charge in [0.15, 0.2) is 0 Å². The second-order valence-corrected chi connectivity index (χ2v) is 6.70. The molecule has 0 bridgehead atoms. The first-order valence-corrected chi connectivity index (χ1v) is 7.43. The van der Waals surface area contributed by atoms with Crippen LogP contribution in [-0.2, 0) is 0 Å². The fraction of sp³-hybridized carbons (Fsp3) is 0.600. The van der Waals surface area contributed by atoms with E-state index in [-0.39, 0.29) is 5.41 Å². The molecule has 0 heterocycles. The van der Waals surface area contributed by atoms with E-state index >= 15 is 0 Å². The summed E-state index contributed by atoms with van der Waals surface area (Å²) in [6.07, 6.45) is 0. The lowest BCUT2D eigenvalue weighted by atomic mass is 9.82. The summed E-state index contributed by atoms with van der Waals surface area (Å²) in [5.74, 6) is 1.13. The Balaban J connectivity index is 2.87. The molecule has 96 valence electrons. The zero-order chi connectivity index (χ0) is 12.9. The van der Waals surface area contributed by atoms with E-state index in [1.165, 1.54) is 10.5 Å². The molecule has 1 aromatic rings. The summed E-state index contributed by atoms with van der Waals surface area (Å²) in [6, 6.07) is 9.42. The number of nitrogens with one attached hydrogen (secondary N) is 1. The summed E-state index contributed by atoms with van der Waals surface area (Å²) in [7, 11) is 0. The molecule has 1 rings (SSSR count). The van der Waals surface area contributed by atoms with Gasteiger partial charge in [0.2, 0.25) is 0 Å². The van der Waals surface area contributed by atoms with Gasteiger partial charge in [-0.25, -0.2) is 0 Å². The third-order valence-corrected chi connectivity index (χ3v) is 3.69. The lowest BCUT2D eigenvalue weighted by molar-refractivity contribution is 0.276. The predicted octanol–water partition coefficient (Wildman–Crippen LogP) is 4.50. The van der Waals surface area contributed by atoms with Gasteiger partial charge < -0.3 is 5.32 Å². The van der Waals surface area contributed by atoms with Crippen LogP contribution in [0.3, 0.4) is 0 Å². The number of benzene rings is 1. The van der Waals surface area contributed by atoms with Crippen molar-refractivity contribution < 1.29 is 0 Å². The Bertz CT molecular complexity index is 324. The third kappa shape index (κ3) is 4.36. The van der Waals surface area contributed by atoms with E-state index in [0.29, 0.717) is 6.04 Å². The maximum Gasteiger partial charge on any atom is 0.0369 e. The van der Waals surface area contributed by atoms with Crippen LogP contribution in [0, 0.1) is 5.41 Å². The summed E-state index contributed by atoms with van der Waals surface area (Å²) >= 11 is 1.90. The first-order valence-electron chi connectivity index (χ1n) is 6.45. The lowest BCUT2D eigenvalue weighted by Crippen LogP contribution is -2.32. The molecule has 0 saturated carbocycles. The SMILES string of the molecule is CCNC(c1ccc(SCC)cc1)C(C)(C)C. The molecule has 0 aliphatic carbocycles. The Morgan fingerprint density at radius 1 is 1.12 bits per heavy atom. The number of hydrogen-bond acceptors (Lipinski definition) is 2. The molecule has 1 atom stereocenters. The first kappa shape index (κ1) is 14.6. The molecule has 1 unspecified atom stereocenters. The highest BCUT2D eigenvalue weighted by atomic mass is 32.2. The quantitative estimate of drug-likeness (QED) is 0.774. The van der Waals surface area contributed by atoms with Crippen LogP contribution >= 0.6 is 11.8 Å². The molecule has 1 N–H and O–H groups in total. The molecule has 0 aliphatic heterocycles. The molecular formula is C15H25NS. The molecule has 1 nitrogen and oxygen atoms in total. The van der Waals surface area contributed by atoms with Gasteiger partial charge in [-0.15, -0.1) is 11.8 Å². The van der Waals surface area contributed by atoms with Crippen LogP contribution in [0.4, 0.5) is 0 Å². The molecule has 0 radical (unpaired) electrons. The Morgan fingerprint density at radius 3 is 2.12 bits per heavy atom. The highest BCUT2D eigenvalue weighted by Crippen LogP contribution is 2.33. The summed E-state index contributed by atoms with van der Waals surface area (Å²) in [6.45, 7) is 12.2. The van der Waals surface area contributed by atoms with Gasteiger partial charge in [-0.05, 0) is 35.4 Å². The van der Waals surface area contributed by atoms with Crippen molar-refractivity contribution in [3.05, 3.63) is 29.8 Å². The minimum atomic E-state index is 0.245. The van der Waals surface area contributed by atoms with E-state index in [1.807, 2.05) is 11.8 Å². The molecular weight excluding hydrogens is 226 g/mol. The van der Waals surface area contributed by atoms with Crippen LogP contribution in [0.1, 0.15) is 46.2 Å². The highest BCUT2D eigenvalue weighted by Gasteiger charge is 2.24. The summed E-state index contributed by atoms with van der Waals surface area (Å²) in [5, 5.41) is 3.58. The largest absolute Gasteiger partial charge is 0.310 e. The summed E-state index contributed by atoms with van der Waals surface area (Å²) < 4.78 is 0. The van der Waals surface area contributed by atoms with Crippen LogP contribution < -0.4 is 5.32 Å². The molecule has 0 amide bonds. The van der Waals surface area contributed by atoms with Crippen molar-refractivity contribution in [2.75, 3.05) is 12.3 Å². The van der Waals surface area contributed by atoms with Crippen molar-refractivity contribution in [3.63, 3.8) is 0 Å². The minimum absolute atomic E-state index is 0.245. The van der Waals surface area contributed by atoms with E-state index in [4.69, 9.17) is 0 Å². The van der Waals surface area contributed by atoms with Crippen molar-refractivity contribution >= 4 is 11.8 Å². The summed E-state index contributed by atoms with van der Waals surface area (Å²) in [5.41, 5.74) is 1.63. The minimum Gasteiger partial charge on any atom is -0.310 e. The number of thioether (sulfide) groups is 1. The zero-order valence-corrected chi connectivity index (χ0v) is 12.5. The van der Waals surface area contributed by atoms with Crippen LogP contribution in [0.25, 0.3) is 0 Å². The molecule has 0 aromatic heterocycles. The van der Waals surface area contributed by atoms with Gasteiger partial charge in [0, 0.05) is 10.9 Å². The third-order valence-electron chi connectivity index (χ3n) is 2.80. The standard InChI is InChI=1S/C15H25NS/c1-6-16-14(15(3,4)5)12-8-10-13(11-9-12)17-7-2/h8-11,14,16H,6-7H2,1-5H3. The topological polar surface area (TPSA) is 12.0 Å². The average molecular weight is 251 g/mol. The molecule has 1 aromatic carbocycles. The number of hydrogen-bond donors (Lipinski definition) is 1. The first-order chi connectivity index (χ1) is 7.99. The molecule has 0 spiro atoms. The van der Waals surface area contributed by atoms with Crippen molar-refractivity contribution in [3.8, 4) is 0 Å². The Kier molecular flexibility index (Phi) is 5.54. The van der Waals surface area contributed by atoms with Crippen LogP contribution in [0.5, 0.6) is 0 Å². The molecule has 2 heteroatoms. The molecule has 0 fully saturated rings. The molecule has 0 saturated heterocycles. The Hall–Kier alpha value is -0.470. The average Bonchev–Trinajstić information content (AvgIpc) is 2.26. The highest BCUT2D eigenvalue weighted by molar-refractivity contribution is 7.99. The predicted molar refractivity (Wildman–Crippen MR) is 78.7 cm³/mol. The van der Waals surface area contributed by atoms with E-state index in [2.05, 4.69) is 64.2 Å². The summed E-state index contributed by atoms with van der Waals surface area (Å²) in [4.78, 5) is 1.36. The fourth-order valence-corrected chi connectivity index (χ4v) is 2.71. The zero-order valence-electron chi connectivity index (χ0n) is 11.7. The van der Waals surface area contributed by atoms with Gasteiger partial charge in [0.25, 0.3) is 0 Å². The molecule has 17 heavy (non-hydrogen) atoms. The number of rotatable bonds is 5. The van der Waals surface area contributed by atoms with Crippen molar-refractivity contribution in [1.29, 1.82) is 0 Å². The van der Waals surface area contributed by atoms with Crippen LogP contribution in [0.15, 0.2) is 29.2 Å². The van der Waals surface area contributed by atoms with Gasteiger partial charge >= 0.3 is 0 Å². The van der Waals surface area contributed by atoms with Crippen molar-refractivity contribution in [1.82, 2.24) is 5.32 Å². The van der Waals surface area contributed by atoms with Crippen LogP contribution in [-0.4, -0.2) is 12.3 Å². The monoisotopic (exact) mass is 251 g/mol. The normalized spacial score (nSPS) is 13.7. The van der Waals surface area contributed by atoms with E-state index in [9.17, 15) is 0 Å². The second kappa shape index (κ2) is 6.46. The van der Waals surface area contributed by atoms with Crippen molar-refractivity contribution in [2.45, 2.75) is 45.6 Å². The lowest BCUT2D eigenvalue weighted by Gasteiger charge is -2.32. The van der Waals surface area contributed by atoms with E-state index in [0.717, 1.165) is 12.3 Å². The van der Waals surface area contributed by atoms with Crippen LogP contribution in [0.2, 0.25) is 0 Å². The van der Waals surface area contributed by atoms with Gasteiger partial charge in [0.1, 0.15) is 0 Å². The van der Waals surface area contributed by atoms with Gasteiger partial charge in [-0.2, -0.15) is 0 Å². The van der Waals surface area contributed by atoms with Crippen molar-refractivity contribution in [2.24, 2.45) is 5.41 Å². The van der Waals surface area contributed by atoms with E-state index in [1.54, 1.807) is 0 Å². The maximum atomic E-state index is 3.58. The van der Waals surface area contributed by atoms with Gasteiger partial charge in [0.05, 0.1) is 0 Å². The van der Waals surface area contributed by atoms with Gasteiger partial charge in [-0.3, -0.25) is 0 Å². The fourth-order valence-electron chi connectivity index (χ4n) is 2.05.